The van der Waals surface area contributed by atoms with Crippen molar-refractivity contribution in [2.45, 2.75) is 45.1 Å². The van der Waals surface area contributed by atoms with Gasteiger partial charge in [0.25, 0.3) is 0 Å². The normalized spacial score (nSPS) is 26.6. The highest BCUT2D eigenvalue weighted by molar-refractivity contribution is 6.39. The molecule has 0 spiro atoms. The van der Waals surface area contributed by atoms with Crippen LogP contribution in [-0.4, -0.2) is 23.4 Å². The summed E-state index contributed by atoms with van der Waals surface area (Å²) in [5.74, 6) is 4.25. The van der Waals surface area contributed by atoms with E-state index < -0.39 is 0 Å². The Kier molecular flexibility index (Phi) is 5.79. The van der Waals surface area contributed by atoms with Crippen LogP contribution in [0, 0.1) is 17.8 Å². The molecule has 146 valence electrons. The first-order valence-electron chi connectivity index (χ1n) is 9.82. The molecular weight excluding hydrogens is 383 g/mol. The first-order valence-corrected chi connectivity index (χ1v) is 10.6. The van der Waals surface area contributed by atoms with Crippen molar-refractivity contribution in [2.75, 3.05) is 13.1 Å². The minimum atomic E-state index is -0.119. The first kappa shape index (κ1) is 19.3. The Morgan fingerprint density at radius 2 is 1.78 bits per heavy atom. The Morgan fingerprint density at radius 1 is 1.15 bits per heavy atom. The molecule has 0 bridgehead atoms. The zero-order valence-corrected chi connectivity index (χ0v) is 17.1. The first-order chi connectivity index (χ1) is 13.1. The number of fused-ring (bicyclic) bond motifs is 1. The lowest BCUT2D eigenvalue weighted by molar-refractivity contribution is 0.277. The summed E-state index contributed by atoms with van der Waals surface area (Å²) in [4.78, 5) is 0. The molecule has 0 radical (unpaired) electrons. The van der Waals surface area contributed by atoms with E-state index in [1.807, 2.05) is 0 Å². The van der Waals surface area contributed by atoms with Gasteiger partial charge in [-0.2, -0.15) is 0 Å². The van der Waals surface area contributed by atoms with Crippen LogP contribution < -0.4 is 5.32 Å². The van der Waals surface area contributed by atoms with E-state index in [0.717, 1.165) is 36.4 Å². The Labute approximate surface area is 170 Å². The SMILES string of the molecule is CC1C[C@H]2CNC[C@H]2C1.OCc1c(-c2c(Cl)cccc2Cl)noc1C1CC1. The molecule has 1 aromatic carbocycles. The van der Waals surface area contributed by atoms with Gasteiger partial charge in [0.05, 0.1) is 16.7 Å². The summed E-state index contributed by atoms with van der Waals surface area (Å²) in [6.45, 7) is 4.87. The molecule has 2 aliphatic carbocycles. The molecule has 2 saturated carbocycles. The fraction of sp³-hybridized carbons (Fsp3) is 0.571. The predicted octanol–water partition coefficient (Wildman–Crippen LogP) is 5.27. The minimum absolute atomic E-state index is 0.119. The van der Waals surface area contributed by atoms with Gasteiger partial charge in [0.1, 0.15) is 11.5 Å². The lowest BCUT2D eigenvalue weighted by Gasteiger charge is -2.05. The lowest BCUT2D eigenvalue weighted by Crippen LogP contribution is -2.10. The Bertz CT molecular complexity index is 771. The van der Waals surface area contributed by atoms with E-state index in [1.54, 1.807) is 18.2 Å². The molecule has 1 unspecified atom stereocenters. The van der Waals surface area contributed by atoms with Gasteiger partial charge < -0.3 is 14.9 Å². The largest absolute Gasteiger partial charge is 0.391 e. The molecule has 5 rings (SSSR count). The Hall–Kier alpha value is -1.07. The molecule has 4 nitrogen and oxygen atoms in total. The van der Waals surface area contributed by atoms with Crippen molar-refractivity contribution in [2.24, 2.45) is 17.8 Å². The van der Waals surface area contributed by atoms with E-state index >= 15 is 0 Å². The Balaban J connectivity index is 0.000000167. The third kappa shape index (κ3) is 4.04. The maximum absolute atomic E-state index is 9.52. The van der Waals surface area contributed by atoms with Crippen molar-refractivity contribution in [3.05, 3.63) is 39.6 Å². The van der Waals surface area contributed by atoms with E-state index in [4.69, 9.17) is 27.7 Å². The molecule has 27 heavy (non-hydrogen) atoms. The van der Waals surface area contributed by atoms with Crippen LogP contribution in [0.1, 0.15) is 49.8 Å². The van der Waals surface area contributed by atoms with Crippen LogP contribution in [0.25, 0.3) is 11.3 Å². The molecule has 2 aromatic rings. The highest BCUT2D eigenvalue weighted by Crippen LogP contribution is 2.45. The molecule has 1 aromatic heterocycles. The zero-order valence-electron chi connectivity index (χ0n) is 15.5. The van der Waals surface area contributed by atoms with Gasteiger partial charge in [-0.15, -0.1) is 0 Å². The van der Waals surface area contributed by atoms with Gasteiger partial charge in [0.2, 0.25) is 0 Å². The third-order valence-corrected chi connectivity index (χ3v) is 6.64. The maximum atomic E-state index is 9.52. The van der Waals surface area contributed by atoms with Crippen LogP contribution >= 0.6 is 23.2 Å². The summed E-state index contributed by atoms with van der Waals surface area (Å²) in [6.07, 6.45) is 5.13. The summed E-state index contributed by atoms with van der Waals surface area (Å²) in [5, 5.41) is 18.0. The number of aliphatic hydroxyl groups is 1. The van der Waals surface area contributed by atoms with Crippen molar-refractivity contribution in [1.29, 1.82) is 0 Å². The molecule has 3 atom stereocenters. The molecule has 2 heterocycles. The standard InChI is InChI=1S/C13H11Cl2NO2.C8H15N/c14-9-2-1-3-10(15)11(9)12-8(6-17)13(18-16-12)7-4-5-7;1-6-2-7-4-9-5-8(7)3-6/h1-3,7,17H,4-6H2;6-9H,2-5H2,1H3/t;6?,7-,8+. The van der Waals surface area contributed by atoms with E-state index in [2.05, 4.69) is 17.4 Å². The molecule has 3 aliphatic rings. The van der Waals surface area contributed by atoms with E-state index in [9.17, 15) is 5.11 Å². The zero-order chi connectivity index (χ0) is 19.0. The van der Waals surface area contributed by atoms with Crippen LogP contribution in [-0.2, 0) is 6.61 Å². The van der Waals surface area contributed by atoms with Crippen molar-refractivity contribution >= 4 is 23.2 Å². The minimum Gasteiger partial charge on any atom is -0.391 e. The summed E-state index contributed by atoms with van der Waals surface area (Å²) >= 11 is 12.3. The topological polar surface area (TPSA) is 58.3 Å². The van der Waals surface area contributed by atoms with Gasteiger partial charge in [-0.1, -0.05) is 41.3 Å². The summed E-state index contributed by atoms with van der Waals surface area (Å²) in [6, 6.07) is 5.26. The van der Waals surface area contributed by atoms with E-state index in [-0.39, 0.29) is 6.61 Å². The number of nitrogens with zero attached hydrogens (tertiary/aromatic N) is 1. The number of hydrogen-bond acceptors (Lipinski definition) is 4. The molecule has 0 amide bonds. The van der Waals surface area contributed by atoms with Crippen molar-refractivity contribution in [3.8, 4) is 11.3 Å². The second-order valence-corrected chi connectivity index (χ2v) is 8.97. The summed E-state index contributed by atoms with van der Waals surface area (Å²) < 4.78 is 5.35. The van der Waals surface area contributed by atoms with Gasteiger partial charge in [0, 0.05) is 17.0 Å². The smallest absolute Gasteiger partial charge is 0.145 e. The fourth-order valence-electron chi connectivity index (χ4n) is 4.53. The van der Waals surface area contributed by atoms with Crippen LogP contribution in [0.4, 0.5) is 0 Å². The van der Waals surface area contributed by atoms with Gasteiger partial charge >= 0.3 is 0 Å². The summed E-state index contributed by atoms with van der Waals surface area (Å²) in [7, 11) is 0. The molecule has 1 aliphatic heterocycles. The number of aliphatic hydroxyl groups excluding tert-OH is 1. The predicted molar refractivity (Wildman–Crippen MR) is 108 cm³/mol. The van der Waals surface area contributed by atoms with Crippen LogP contribution in [0.3, 0.4) is 0 Å². The molecule has 1 saturated heterocycles. The van der Waals surface area contributed by atoms with Gasteiger partial charge in [0.15, 0.2) is 0 Å². The second-order valence-electron chi connectivity index (χ2n) is 8.16. The van der Waals surface area contributed by atoms with Gasteiger partial charge in [-0.25, -0.2) is 0 Å². The van der Waals surface area contributed by atoms with Gasteiger partial charge in [-0.05, 0) is 68.7 Å². The number of nitrogens with one attached hydrogen (secondary N) is 1. The molecular formula is C21H26Cl2N2O2. The van der Waals surface area contributed by atoms with E-state index in [0.29, 0.717) is 32.8 Å². The molecule has 2 N–H and O–H groups in total. The number of halogens is 2. The van der Waals surface area contributed by atoms with Crippen molar-refractivity contribution in [3.63, 3.8) is 0 Å². The van der Waals surface area contributed by atoms with E-state index in [1.165, 1.54) is 25.9 Å². The average Bonchev–Trinajstić information content (AvgIpc) is 3.08. The summed E-state index contributed by atoms with van der Waals surface area (Å²) in [5.41, 5.74) is 1.88. The number of rotatable bonds is 3. The average molecular weight is 409 g/mol. The lowest BCUT2D eigenvalue weighted by atomic mass is 10.0. The van der Waals surface area contributed by atoms with Crippen LogP contribution in [0.15, 0.2) is 22.7 Å². The molecule has 3 fully saturated rings. The fourth-order valence-corrected chi connectivity index (χ4v) is 5.11. The van der Waals surface area contributed by atoms with Crippen molar-refractivity contribution in [1.82, 2.24) is 10.5 Å². The molecule has 6 heteroatoms. The Morgan fingerprint density at radius 3 is 2.33 bits per heavy atom. The highest BCUT2D eigenvalue weighted by Gasteiger charge is 2.35. The highest BCUT2D eigenvalue weighted by atomic mass is 35.5. The number of aromatic nitrogens is 1. The third-order valence-electron chi connectivity index (χ3n) is 6.01. The maximum Gasteiger partial charge on any atom is 0.145 e. The van der Waals surface area contributed by atoms with Crippen molar-refractivity contribution < 1.29 is 9.63 Å². The number of benzene rings is 1. The van der Waals surface area contributed by atoms with Crippen LogP contribution in [0.2, 0.25) is 10.0 Å². The van der Waals surface area contributed by atoms with Crippen LogP contribution in [0.5, 0.6) is 0 Å². The number of hydrogen-bond donors (Lipinski definition) is 2. The van der Waals surface area contributed by atoms with Gasteiger partial charge in [-0.3, -0.25) is 0 Å². The quantitative estimate of drug-likeness (QED) is 0.725. The monoisotopic (exact) mass is 408 g/mol. The second kappa shape index (κ2) is 8.12.